The van der Waals surface area contributed by atoms with Crippen LogP contribution in [-0.4, -0.2) is 65.1 Å². The summed E-state index contributed by atoms with van der Waals surface area (Å²) >= 11 is 9.64. The van der Waals surface area contributed by atoms with Crippen molar-refractivity contribution in [3.05, 3.63) is 62.9 Å². The molecule has 7 nitrogen and oxygen atoms in total. The van der Waals surface area contributed by atoms with Crippen molar-refractivity contribution in [3.63, 3.8) is 0 Å². The summed E-state index contributed by atoms with van der Waals surface area (Å²) in [6.07, 6.45) is 0. The van der Waals surface area contributed by atoms with Gasteiger partial charge in [-0.15, -0.1) is 23.1 Å². The summed E-state index contributed by atoms with van der Waals surface area (Å²) in [5.41, 5.74) is 2.34. The molecule has 1 aromatic carbocycles. The van der Waals surface area contributed by atoms with Crippen LogP contribution in [0.4, 0.5) is 5.82 Å². The molecule has 5 rings (SSSR count). The summed E-state index contributed by atoms with van der Waals surface area (Å²) in [7, 11) is 0. The van der Waals surface area contributed by atoms with Crippen LogP contribution in [0, 0.1) is 0 Å². The zero-order chi connectivity index (χ0) is 25.4. The molecular formula is C26H29ClN4O3S2. The fourth-order valence-electron chi connectivity index (χ4n) is 4.57. The third-order valence-corrected chi connectivity index (χ3v) is 8.87. The molecule has 1 fully saturated rings. The lowest BCUT2D eigenvalue weighted by atomic mass is 9.88. The van der Waals surface area contributed by atoms with Crippen molar-refractivity contribution in [2.75, 3.05) is 43.5 Å². The highest BCUT2D eigenvalue weighted by atomic mass is 35.5. The quantitative estimate of drug-likeness (QED) is 0.467. The first kappa shape index (κ1) is 25.3. The summed E-state index contributed by atoms with van der Waals surface area (Å²) in [6, 6.07) is 11.6. The zero-order valence-electron chi connectivity index (χ0n) is 20.6. The lowest BCUT2D eigenvalue weighted by Gasteiger charge is -2.30. The molecule has 2 aromatic heterocycles. The van der Waals surface area contributed by atoms with E-state index in [4.69, 9.17) is 21.4 Å². The number of fused-ring (bicyclic) bond motifs is 1. The molecule has 0 saturated carbocycles. The minimum absolute atomic E-state index is 0.0423. The van der Waals surface area contributed by atoms with Crippen LogP contribution < -0.4 is 4.90 Å². The number of morpholine rings is 1. The molecule has 0 spiro atoms. The molecule has 10 heteroatoms. The summed E-state index contributed by atoms with van der Waals surface area (Å²) in [6.45, 7) is 8.42. The smallest absolute Gasteiger partial charge is 0.242 e. The molecule has 0 N–H and O–H groups in total. The van der Waals surface area contributed by atoms with Gasteiger partial charge in [0.25, 0.3) is 0 Å². The highest BCUT2D eigenvalue weighted by Gasteiger charge is 2.40. The maximum Gasteiger partial charge on any atom is 0.242 e. The van der Waals surface area contributed by atoms with E-state index in [1.165, 1.54) is 0 Å². The van der Waals surface area contributed by atoms with Crippen molar-refractivity contribution >= 4 is 52.3 Å². The van der Waals surface area contributed by atoms with Gasteiger partial charge in [-0.2, -0.15) is 5.10 Å². The number of carbonyl (C=O) groups is 2. The van der Waals surface area contributed by atoms with Gasteiger partial charge in [-0.05, 0) is 29.6 Å². The van der Waals surface area contributed by atoms with E-state index < -0.39 is 0 Å². The average Bonchev–Trinajstić information content (AvgIpc) is 3.49. The highest BCUT2D eigenvalue weighted by Crippen LogP contribution is 2.49. The van der Waals surface area contributed by atoms with E-state index in [1.54, 1.807) is 37.6 Å². The third kappa shape index (κ3) is 4.94. The van der Waals surface area contributed by atoms with Crippen molar-refractivity contribution in [2.24, 2.45) is 0 Å². The summed E-state index contributed by atoms with van der Waals surface area (Å²) in [5.74, 6) is 0.725. The van der Waals surface area contributed by atoms with Gasteiger partial charge in [0.2, 0.25) is 11.8 Å². The van der Waals surface area contributed by atoms with E-state index in [0.717, 1.165) is 21.8 Å². The van der Waals surface area contributed by atoms with Gasteiger partial charge in [0.1, 0.15) is 12.4 Å². The second-order valence-corrected chi connectivity index (χ2v) is 12.4. The Kier molecular flexibility index (Phi) is 7.18. The van der Waals surface area contributed by atoms with Crippen LogP contribution in [0.25, 0.3) is 5.69 Å². The molecule has 3 aromatic rings. The molecular weight excluding hydrogens is 516 g/mol. The molecule has 4 heterocycles. The number of thiophene rings is 1. The fourth-order valence-corrected chi connectivity index (χ4v) is 6.93. The van der Waals surface area contributed by atoms with E-state index in [-0.39, 0.29) is 34.8 Å². The van der Waals surface area contributed by atoms with Crippen LogP contribution in [0.15, 0.2) is 41.8 Å². The number of nitrogens with zero attached hydrogens (tertiary/aromatic N) is 4. The Morgan fingerprint density at radius 1 is 1.19 bits per heavy atom. The van der Waals surface area contributed by atoms with Gasteiger partial charge < -0.3 is 9.64 Å². The second kappa shape index (κ2) is 10.2. The minimum atomic E-state index is -0.294. The molecule has 2 aliphatic rings. The van der Waals surface area contributed by atoms with Gasteiger partial charge in [-0.25, -0.2) is 4.68 Å². The van der Waals surface area contributed by atoms with Gasteiger partial charge >= 0.3 is 0 Å². The monoisotopic (exact) mass is 544 g/mol. The van der Waals surface area contributed by atoms with Crippen molar-refractivity contribution in [1.82, 2.24) is 14.7 Å². The van der Waals surface area contributed by atoms with Crippen LogP contribution >= 0.6 is 34.7 Å². The lowest BCUT2D eigenvalue weighted by molar-refractivity contribution is -0.134. The first-order valence-electron chi connectivity index (χ1n) is 11.9. The number of rotatable bonds is 4. The van der Waals surface area contributed by atoms with Crippen LogP contribution in [0.2, 0.25) is 5.02 Å². The highest BCUT2D eigenvalue weighted by molar-refractivity contribution is 8.00. The Morgan fingerprint density at radius 2 is 1.97 bits per heavy atom. The Bertz CT molecular complexity index is 1260. The maximum atomic E-state index is 13.7. The zero-order valence-corrected chi connectivity index (χ0v) is 23.0. The predicted octanol–water partition coefficient (Wildman–Crippen LogP) is 4.91. The third-order valence-electron chi connectivity index (χ3n) is 6.31. The van der Waals surface area contributed by atoms with Gasteiger partial charge in [0.05, 0.1) is 35.6 Å². The van der Waals surface area contributed by atoms with Gasteiger partial charge in [-0.1, -0.05) is 44.5 Å². The number of aromatic nitrogens is 2. The first-order chi connectivity index (χ1) is 17.2. The Morgan fingerprint density at radius 3 is 2.64 bits per heavy atom. The number of benzene rings is 1. The second-order valence-electron chi connectivity index (χ2n) is 9.91. The summed E-state index contributed by atoms with van der Waals surface area (Å²) in [4.78, 5) is 31.6. The van der Waals surface area contributed by atoms with Gasteiger partial charge in [-0.3, -0.25) is 14.5 Å². The number of carbonyl (C=O) groups excluding carboxylic acids is 2. The van der Waals surface area contributed by atoms with E-state index in [1.807, 2.05) is 30.3 Å². The van der Waals surface area contributed by atoms with Crippen LogP contribution in [-0.2, 0) is 19.7 Å². The van der Waals surface area contributed by atoms with Crippen molar-refractivity contribution < 1.29 is 14.3 Å². The van der Waals surface area contributed by atoms with Crippen molar-refractivity contribution in [3.8, 4) is 5.69 Å². The molecule has 2 amide bonds. The van der Waals surface area contributed by atoms with E-state index in [0.29, 0.717) is 37.1 Å². The number of anilines is 1. The molecule has 0 radical (unpaired) electrons. The van der Waals surface area contributed by atoms with Gasteiger partial charge in [0.15, 0.2) is 0 Å². The summed E-state index contributed by atoms with van der Waals surface area (Å²) in [5, 5.41) is 7.65. The van der Waals surface area contributed by atoms with Gasteiger partial charge in [0, 0.05) is 34.0 Å². The lowest BCUT2D eigenvalue weighted by Crippen LogP contribution is -2.48. The summed E-state index contributed by atoms with van der Waals surface area (Å²) < 4.78 is 7.22. The van der Waals surface area contributed by atoms with Crippen LogP contribution in [0.5, 0.6) is 0 Å². The Balaban J connectivity index is 1.71. The predicted molar refractivity (Wildman–Crippen MR) is 146 cm³/mol. The molecule has 0 aliphatic carbocycles. The van der Waals surface area contributed by atoms with E-state index in [2.05, 4.69) is 32.2 Å². The van der Waals surface area contributed by atoms with Crippen LogP contribution in [0.1, 0.15) is 42.2 Å². The van der Waals surface area contributed by atoms with Crippen molar-refractivity contribution in [1.29, 1.82) is 0 Å². The Labute approximate surface area is 224 Å². The first-order valence-corrected chi connectivity index (χ1v) is 14.2. The largest absolute Gasteiger partial charge is 0.378 e. The topological polar surface area (TPSA) is 67.7 Å². The van der Waals surface area contributed by atoms with Crippen LogP contribution in [0.3, 0.4) is 0 Å². The number of ether oxygens (including phenoxy) is 1. The Hall–Kier alpha value is -2.33. The number of halogens is 1. The molecule has 0 unspecified atom stereocenters. The maximum absolute atomic E-state index is 13.7. The number of hydrogen-bond acceptors (Lipinski definition) is 6. The number of hydrogen-bond donors (Lipinski definition) is 0. The number of amides is 2. The van der Waals surface area contributed by atoms with E-state index >= 15 is 0 Å². The molecule has 2 aliphatic heterocycles. The fraction of sp³-hybridized carbons (Fsp3) is 0.423. The van der Waals surface area contributed by atoms with E-state index in [9.17, 15) is 9.59 Å². The standard InChI is InChI=1S/C26H29ClN4O3S2/c1-26(2,3)24-22-23(19-8-5-13-35-19)36-16-21(33)30(15-20(32)29-9-11-34-12-10-29)25(22)31(28-24)18-7-4-6-17(27)14-18/h4-8,13-14,23H,9-12,15-16H2,1-3H3/t23-/m0/s1. The molecule has 1 saturated heterocycles. The average molecular weight is 545 g/mol. The van der Waals surface area contributed by atoms with Crippen molar-refractivity contribution in [2.45, 2.75) is 31.4 Å². The number of thioether (sulfide) groups is 1. The molecule has 36 heavy (non-hydrogen) atoms. The molecule has 1 atom stereocenters. The SMILES string of the molecule is CC(C)(C)c1nn(-c2cccc(Cl)c2)c2c1[C@H](c1cccs1)SCC(=O)N2CC(=O)N1CCOCC1. The molecule has 190 valence electrons. The minimum Gasteiger partial charge on any atom is -0.378 e. The molecule has 0 bridgehead atoms. The normalized spacial score (nSPS) is 18.8.